The van der Waals surface area contributed by atoms with E-state index >= 15 is 0 Å². The second kappa shape index (κ2) is 9.21. The van der Waals surface area contributed by atoms with Gasteiger partial charge in [0.05, 0.1) is 12.0 Å². The monoisotopic (exact) mass is 344 g/mol. The maximum absolute atomic E-state index is 13.1. The minimum Gasteiger partial charge on any atom is -0.384 e. The van der Waals surface area contributed by atoms with Crippen molar-refractivity contribution in [1.82, 2.24) is 10.6 Å². The van der Waals surface area contributed by atoms with Crippen LogP contribution in [-0.4, -0.2) is 39.3 Å². The highest BCUT2D eigenvalue weighted by atomic mass is 35.5. The Labute approximate surface area is 143 Å². The first-order chi connectivity index (χ1) is 10.6. The molecule has 0 bridgehead atoms. The first kappa shape index (κ1) is 19.9. The van der Waals surface area contributed by atoms with Gasteiger partial charge in [-0.15, -0.1) is 12.4 Å². The summed E-state index contributed by atoms with van der Waals surface area (Å²) in [7, 11) is 1.64. The van der Waals surface area contributed by atoms with Crippen LogP contribution in [0.15, 0.2) is 18.2 Å². The fourth-order valence-electron chi connectivity index (χ4n) is 3.06. The van der Waals surface area contributed by atoms with Gasteiger partial charge >= 0.3 is 0 Å². The average molecular weight is 345 g/mol. The summed E-state index contributed by atoms with van der Waals surface area (Å²) in [4.78, 5) is 12.6. The molecule has 0 radical (unpaired) electrons. The van der Waals surface area contributed by atoms with Gasteiger partial charge in [-0.2, -0.15) is 0 Å². The van der Waals surface area contributed by atoms with E-state index in [2.05, 4.69) is 10.6 Å². The molecule has 0 aliphatic carbocycles. The SMILES string of the molecule is COCC1(C(=O)NCCc2ccc(F)cc2C)CCNCC1.Cl. The quantitative estimate of drug-likeness (QED) is 0.832. The Morgan fingerprint density at radius 1 is 1.39 bits per heavy atom. The van der Waals surface area contributed by atoms with E-state index in [1.165, 1.54) is 12.1 Å². The van der Waals surface area contributed by atoms with Crippen LogP contribution < -0.4 is 10.6 Å². The van der Waals surface area contributed by atoms with Crippen molar-refractivity contribution in [3.8, 4) is 0 Å². The van der Waals surface area contributed by atoms with Gasteiger partial charge < -0.3 is 15.4 Å². The molecule has 4 nitrogen and oxygen atoms in total. The molecule has 1 heterocycles. The highest BCUT2D eigenvalue weighted by molar-refractivity contribution is 5.85. The van der Waals surface area contributed by atoms with Crippen LogP contribution in [-0.2, 0) is 16.0 Å². The van der Waals surface area contributed by atoms with Crippen molar-refractivity contribution in [2.75, 3.05) is 33.4 Å². The molecule has 23 heavy (non-hydrogen) atoms. The molecule has 1 aliphatic rings. The first-order valence-electron chi connectivity index (χ1n) is 7.80. The zero-order valence-corrected chi connectivity index (χ0v) is 14.6. The summed E-state index contributed by atoms with van der Waals surface area (Å²) in [5, 5.41) is 6.30. The summed E-state index contributed by atoms with van der Waals surface area (Å²) in [6.45, 7) is 4.58. The van der Waals surface area contributed by atoms with Crippen molar-refractivity contribution in [2.45, 2.75) is 26.2 Å². The second-order valence-corrected chi connectivity index (χ2v) is 6.04. The van der Waals surface area contributed by atoms with Gasteiger partial charge in [0.15, 0.2) is 0 Å². The van der Waals surface area contributed by atoms with Crippen LogP contribution in [0.3, 0.4) is 0 Å². The van der Waals surface area contributed by atoms with Crippen molar-refractivity contribution in [2.24, 2.45) is 5.41 Å². The summed E-state index contributed by atoms with van der Waals surface area (Å²) in [6.07, 6.45) is 2.30. The molecule has 1 fully saturated rings. The van der Waals surface area contributed by atoms with E-state index in [4.69, 9.17) is 4.74 Å². The number of halogens is 2. The molecule has 0 atom stereocenters. The lowest BCUT2D eigenvalue weighted by Crippen LogP contribution is -2.50. The molecule has 0 unspecified atom stereocenters. The van der Waals surface area contributed by atoms with Gasteiger partial charge in [0.25, 0.3) is 0 Å². The van der Waals surface area contributed by atoms with Crippen molar-refractivity contribution < 1.29 is 13.9 Å². The van der Waals surface area contributed by atoms with Crippen LogP contribution in [0.4, 0.5) is 4.39 Å². The van der Waals surface area contributed by atoms with Gasteiger partial charge in [-0.25, -0.2) is 4.39 Å². The third kappa shape index (κ3) is 5.16. The van der Waals surface area contributed by atoms with E-state index in [1.54, 1.807) is 13.2 Å². The van der Waals surface area contributed by atoms with Gasteiger partial charge in [-0.3, -0.25) is 4.79 Å². The number of amides is 1. The van der Waals surface area contributed by atoms with E-state index in [1.807, 2.05) is 6.92 Å². The zero-order chi connectivity index (χ0) is 16.0. The molecule has 2 rings (SSSR count). The molecule has 2 N–H and O–H groups in total. The minimum atomic E-state index is -0.419. The number of ether oxygens (including phenoxy) is 1. The standard InChI is InChI=1S/C17H25FN2O2.ClH/c1-13-11-15(18)4-3-14(13)5-8-20-16(21)17(12-22-2)6-9-19-10-7-17;/h3-4,11,19H,5-10,12H2,1-2H3,(H,20,21);1H. The van der Waals surface area contributed by atoms with Crippen LogP contribution in [0.2, 0.25) is 0 Å². The molecule has 1 aliphatic heterocycles. The molecule has 0 aromatic heterocycles. The summed E-state index contributed by atoms with van der Waals surface area (Å²) in [5.74, 6) is -0.158. The lowest BCUT2D eigenvalue weighted by molar-refractivity contribution is -0.136. The van der Waals surface area contributed by atoms with E-state index in [-0.39, 0.29) is 24.1 Å². The third-order valence-electron chi connectivity index (χ3n) is 4.45. The number of carbonyl (C=O) groups excluding carboxylic acids is 1. The third-order valence-corrected chi connectivity index (χ3v) is 4.45. The number of hydrogen-bond donors (Lipinski definition) is 2. The Balaban J connectivity index is 0.00000264. The molecule has 1 amide bonds. The second-order valence-electron chi connectivity index (χ2n) is 6.04. The molecule has 1 saturated heterocycles. The van der Waals surface area contributed by atoms with Gasteiger partial charge in [-0.1, -0.05) is 6.07 Å². The predicted octanol–water partition coefficient (Wildman–Crippen LogP) is 2.23. The number of methoxy groups -OCH3 is 1. The van der Waals surface area contributed by atoms with E-state index in [0.717, 1.165) is 37.1 Å². The number of nitrogens with one attached hydrogen (secondary N) is 2. The average Bonchev–Trinajstić information content (AvgIpc) is 2.50. The highest BCUT2D eigenvalue weighted by Crippen LogP contribution is 2.29. The van der Waals surface area contributed by atoms with Crippen molar-refractivity contribution in [3.63, 3.8) is 0 Å². The topological polar surface area (TPSA) is 50.4 Å². The van der Waals surface area contributed by atoms with Crippen molar-refractivity contribution >= 4 is 18.3 Å². The number of hydrogen-bond acceptors (Lipinski definition) is 3. The Morgan fingerprint density at radius 3 is 2.70 bits per heavy atom. The maximum Gasteiger partial charge on any atom is 0.228 e. The Kier molecular flexibility index (Phi) is 7.95. The van der Waals surface area contributed by atoms with Crippen molar-refractivity contribution in [1.29, 1.82) is 0 Å². The summed E-state index contributed by atoms with van der Waals surface area (Å²) in [6, 6.07) is 4.77. The van der Waals surface area contributed by atoms with Gasteiger partial charge in [0, 0.05) is 13.7 Å². The molecular weight excluding hydrogens is 319 g/mol. The fraction of sp³-hybridized carbons (Fsp3) is 0.588. The number of benzene rings is 1. The van der Waals surface area contributed by atoms with Crippen LogP contribution in [0, 0.1) is 18.2 Å². The zero-order valence-electron chi connectivity index (χ0n) is 13.8. The molecule has 1 aromatic carbocycles. The summed E-state index contributed by atoms with van der Waals surface area (Å²) >= 11 is 0. The van der Waals surface area contributed by atoms with E-state index < -0.39 is 5.41 Å². The fourth-order valence-corrected chi connectivity index (χ4v) is 3.06. The molecule has 0 spiro atoms. The molecule has 0 saturated carbocycles. The van der Waals surface area contributed by atoms with Gasteiger partial charge in [0.2, 0.25) is 5.91 Å². The van der Waals surface area contributed by atoms with Crippen LogP contribution in [0.1, 0.15) is 24.0 Å². The predicted molar refractivity (Wildman–Crippen MR) is 91.5 cm³/mol. The summed E-state index contributed by atoms with van der Waals surface area (Å²) < 4.78 is 18.4. The Hall–Kier alpha value is -1.17. The van der Waals surface area contributed by atoms with Crippen LogP contribution in [0.25, 0.3) is 0 Å². The molecule has 1 aromatic rings. The van der Waals surface area contributed by atoms with Gasteiger partial charge in [-0.05, 0) is 62.5 Å². The molecular formula is C17H26ClFN2O2. The number of piperidine rings is 1. The highest BCUT2D eigenvalue weighted by Gasteiger charge is 2.39. The van der Waals surface area contributed by atoms with Crippen molar-refractivity contribution in [3.05, 3.63) is 35.1 Å². The normalized spacial score (nSPS) is 16.5. The lowest BCUT2D eigenvalue weighted by Gasteiger charge is -2.35. The Morgan fingerprint density at radius 2 is 2.09 bits per heavy atom. The summed E-state index contributed by atoms with van der Waals surface area (Å²) in [5.41, 5.74) is 1.56. The van der Waals surface area contributed by atoms with E-state index in [9.17, 15) is 9.18 Å². The van der Waals surface area contributed by atoms with E-state index in [0.29, 0.717) is 19.6 Å². The molecule has 6 heteroatoms. The number of aryl methyl sites for hydroxylation is 1. The smallest absolute Gasteiger partial charge is 0.228 e. The number of carbonyl (C=O) groups is 1. The number of rotatable bonds is 6. The minimum absolute atomic E-state index is 0. The maximum atomic E-state index is 13.1. The first-order valence-corrected chi connectivity index (χ1v) is 7.80. The lowest BCUT2D eigenvalue weighted by atomic mass is 9.78. The molecule has 130 valence electrons. The van der Waals surface area contributed by atoms with Crippen LogP contribution >= 0.6 is 12.4 Å². The largest absolute Gasteiger partial charge is 0.384 e. The van der Waals surface area contributed by atoms with Crippen LogP contribution in [0.5, 0.6) is 0 Å². The Bertz CT molecular complexity index is 514. The van der Waals surface area contributed by atoms with Gasteiger partial charge in [0.1, 0.15) is 5.82 Å².